The van der Waals surface area contributed by atoms with Crippen LogP contribution in [0.3, 0.4) is 0 Å². The number of hydrogen-bond acceptors (Lipinski definition) is 2. The molecule has 2 rings (SSSR count). The van der Waals surface area contributed by atoms with Crippen molar-refractivity contribution in [2.45, 2.75) is 78.1 Å². The summed E-state index contributed by atoms with van der Waals surface area (Å²) >= 11 is 0. The zero-order valence-corrected chi connectivity index (χ0v) is 17.5. The zero-order chi connectivity index (χ0) is 20.2. The van der Waals surface area contributed by atoms with Gasteiger partial charge in [0.15, 0.2) is 11.6 Å². The van der Waals surface area contributed by atoms with Gasteiger partial charge in [0, 0.05) is 11.1 Å². The highest BCUT2D eigenvalue weighted by Gasteiger charge is 2.13. The van der Waals surface area contributed by atoms with Gasteiger partial charge in [0.1, 0.15) is 0 Å². The summed E-state index contributed by atoms with van der Waals surface area (Å²) in [5.74, 6) is -0.210. The lowest BCUT2D eigenvalue weighted by Crippen LogP contribution is -2.08. The Hall–Kier alpha value is -2.22. The average Bonchev–Trinajstić information content (AvgIpc) is 2.71. The van der Waals surface area contributed by atoms with E-state index in [9.17, 15) is 9.59 Å². The largest absolute Gasteiger partial charge is 0.294 e. The van der Waals surface area contributed by atoms with Gasteiger partial charge in [-0.05, 0) is 30.4 Å². The number of rotatable bonds is 13. The van der Waals surface area contributed by atoms with Crippen LogP contribution in [0.2, 0.25) is 0 Å². The van der Waals surface area contributed by atoms with Crippen LogP contribution in [0.25, 0.3) is 0 Å². The second kappa shape index (κ2) is 12.3. The summed E-state index contributed by atoms with van der Waals surface area (Å²) in [6.45, 7) is 4.37. The molecule has 28 heavy (non-hydrogen) atoms. The normalized spacial score (nSPS) is 10.8. The predicted octanol–water partition coefficient (Wildman–Crippen LogP) is 7.00. The molecule has 150 valence electrons. The Bertz CT molecular complexity index is 726. The van der Waals surface area contributed by atoms with Crippen LogP contribution in [0, 0.1) is 0 Å². The molecule has 0 unspecified atom stereocenters. The van der Waals surface area contributed by atoms with E-state index in [0.29, 0.717) is 11.1 Å². The molecule has 0 aromatic heterocycles. The molecule has 0 spiro atoms. The van der Waals surface area contributed by atoms with Crippen LogP contribution in [0.15, 0.2) is 48.5 Å². The van der Waals surface area contributed by atoms with Gasteiger partial charge in [-0.2, -0.15) is 0 Å². The van der Waals surface area contributed by atoms with Crippen molar-refractivity contribution >= 4 is 11.6 Å². The number of benzene rings is 2. The molecule has 0 N–H and O–H groups in total. The van der Waals surface area contributed by atoms with E-state index in [1.165, 1.54) is 49.7 Å². The summed E-state index contributed by atoms with van der Waals surface area (Å²) in [5, 5.41) is 0. The number of ketones is 2. The Kier molecular flexibility index (Phi) is 9.68. The van der Waals surface area contributed by atoms with Crippen molar-refractivity contribution < 1.29 is 9.59 Å². The van der Waals surface area contributed by atoms with Crippen LogP contribution >= 0.6 is 0 Å². The highest BCUT2D eigenvalue weighted by molar-refractivity contribution is 6.13. The fourth-order valence-electron chi connectivity index (χ4n) is 3.46. The third-order valence-electron chi connectivity index (χ3n) is 5.23. The number of Topliss-reactive ketones (excluding diaryl/α,β-unsaturated/α-hetero) is 2. The first-order chi connectivity index (χ1) is 13.6. The first-order valence-corrected chi connectivity index (χ1v) is 10.9. The third-order valence-corrected chi connectivity index (χ3v) is 5.23. The van der Waals surface area contributed by atoms with Gasteiger partial charge < -0.3 is 0 Å². The lowest BCUT2D eigenvalue weighted by Gasteiger charge is -2.05. The van der Waals surface area contributed by atoms with Crippen molar-refractivity contribution in [3.8, 4) is 0 Å². The molecule has 0 amide bonds. The van der Waals surface area contributed by atoms with Crippen LogP contribution in [0.4, 0.5) is 0 Å². The third kappa shape index (κ3) is 7.42. The van der Waals surface area contributed by atoms with E-state index in [1.807, 2.05) is 48.5 Å². The van der Waals surface area contributed by atoms with Gasteiger partial charge in [0.25, 0.3) is 0 Å². The Labute approximate surface area is 170 Å². The fraction of sp³-hybridized carbons (Fsp3) is 0.462. The van der Waals surface area contributed by atoms with Crippen LogP contribution in [-0.4, -0.2) is 11.6 Å². The average molecular weight is 379 g/mol. The molecule has 0 aliphatic heterocycles. The number of unbranched alkanes of at least 4 members (excludes halogenated alkanes) is 5. The van der Waals surface area contributed by atoms with Gasteiger partial charge in [-0.15, -0.1) is 0 Å². The molecule has 2 nitrogen and oxygen atoms in total. The molecule has 0 heterocycles. The molecule has 0 aliphatic carbocycles. The molecule has 2 aromatic carbocycles. The second-order valence-corrected chi connectivity index (χ2v) is 7.68. The van der Waals surface area contributed by atoms with Crippen molar-refractivity contribution in [1.29, 1.82) is 0 Å². The van der Waals surface area contributed by atoms with Gasteiger partial charge in [0.2, 0.25) is 0 Å². The van der Waals surface area contributed by atoms with Gasteiger partial charge >= 0.3 is 0 Å². The van der Waals surface area contributed by atoms with E-state index in [-0.39, 0.29) is 18.0 Å². The number of hydrogen-bond donors (Lipinski definition) is 0. The fourth-order valence-corrected chi connectivity index (χ4v) is 3.46. The maximum Gasteiger partial charge on any atom is 0.170 e. The van der Waals surface area contributed by atoms with Crippen molar-refractivity contribution in [3.63, 3.8) is 0 Å². The molecule has 0 radical (unpaired) electrons. The second-order valence-electron chi connectivity index (χ2n) is 7.68. The van der Waals surface area contributed by atoms with Crippen LogP contribution in [-0.2, 0) is 12.8 Å². The minimum atomic E-state index is -0.107. The predicted molar refractivity (Wildman–Crippen MR) is 117 cm³/mol. The summed E-state index contributed by atoms with van der Waals surface area (Å²) in [6, 6.07) is 15.4. The molecule has 2 heteroatoms. The lowest BCUT2D eigenvalue weighted by atomic mass is 9.98. The van der Waals surface area contributed by atoms with E-state index in [4.69, 9.17) is 0 Å². The van der Waals surface area contributed by atoms with Crippen molar-refractivity contribution in [2.75, 3.05) is 0 Å². The Balaban J connectivity index is 1.81. The maximum absolute atomic E-state index is 12.4. The molecule has 0 bridgehead atoms. The Morgan fingerprint density at radius 3 is 1.54 bits per heavy atom. The monoisotopic (exact) mass is 378 g/mol. The van der Waals surface area contributed by atoms with Crippen molar-refractivity contribution in [2.24, 2.45) is 0 Å². The summed E-state index contributed by atoms with van der Waals surface area (Å²) in [4.78, 5) is 24.8. The number of aryl methyl sites for hydroxylation is 2. The first-order valence-electron chi connectivity index (χ1n) is 10.9. The van der Waals surface area contributed by atoms with Crippen LogP contribution in [0.1, 0.15) is 97.1 Å². The van der Waals surface area contributed by atoms with E-state index >= 15 is 0 Å². The van der Waals surface area contributed by atoms with E-state index in [1.54, 1.807) is 0 Å². The number of carbonyl (C=O) groups excluding carboxylic acids is 2. The number of carbonyl (C=O) groups is 2. The van der Waals surface area contributed by atoms with Gasteiger partial charge in [-0.1, -0.05) is 101 Å². The molecular formula is C26H34O2. The maximum atomic E-state index is 12.4. The molecule has 0 fully saturated rings. The van der Waals surface area contributed by atoms with Crippen LogP contribution in [0.5, 0.6) is 0 Å². The van der Waals surface area contributed by atoms with E-state index in [2.05, 4.69) is 13.8 Å². The quantitative estimate of drug-likeness (QED) is 0.214. The minimum absolute atomic E-state index is 0.0656. The Morgan fingerprint density at radius 2 is 1.04 bits per heavy atom. The molecule has 0 saturated heterocycles. The standard InChI is InChI=1S/C26H34O2/c1-3-5-6-7-8-9-11-22-14-18-24(19-15-22)26(28)20-25(27)23-16-12-21(10-4-2)13-17-23/h12-19H,3-11,20H2,1-2H3. The molecule has 2 aromatic rings. The van der Waals surface area contributed by atoms with E-state index < -0.39 is 0 Å². The van der Waals surface area contributed by atoms with Crippen molar-refractivity contribution in [3.05, 3.63) is 70.8 Å². The summed E-state index contributed by atoms with van der Waals surface area (Å²) in [7, 11) is 0. The topological polar surface area (TPSA) is 34.1 Å². The highest BCUT2D eigenvalue weighted by Crippen LogP contribution is 2.14. The van der Waals surface area contributed by atoms with Gasteiger partial charge in [-0.25, -0.2) is 0 Å². The Morgan fingerprint density at radius 1 is 0.571 bits per heavy atom. The summed E-state index contributed by atoms with van der Waals surface area (Å²) in [5.41, 5.74) is 3.74. The van der Waals surface area contributed by atoms with E-state index in [0.717, 1.165) is 19.3 Å². The highest BCUT2D eigenvalue weighted by atomic mass is 16.1. The summed E-state index contributed by atoms with van der Waals surface area (Å²) in [6.07, 6.45) is 10.8. The van der Waals surface area contributed by atoms with Crippen molar-refractivity contribution in [1.82, 2.24) is 0 Å². The van der Waals surface area contributed by atoms with Gasteiger partial charge in [0.05, 0.1) is 6.42 Å². The minimum Gasteiger partial charge on any atom is -0.294 e. The van der Waals surface area contributed by atoms with Crippen LogP contribution < -0.4 is 0 Å². The smallest absolute Gasteiger partial charge is 0.170 e. The lowest BCUT2D eigenvalue weighted by molar-refractivity contribution is 0.0894. The van der Waals surface area contributed by atoms with Gasteiger partial charge in [-0.3, -0.25) is 9.59 Å². The summed E-state index contributed by atoms with van der Waals surface area (Å²) < 4.78 is 0. The zero-order valence-electron chi connectivity index (χ0n) is 17.5. The molecular weight excluding hydrogens is 344 g/mol. The SMILES string of the molecule is CCCCCCCCc1ccc(C(=O)CC(=O)c2ccc(CCC)cc2)cc1. The first kappa shape index (κ1) is 22.1. The molecule has 0 atom stereocenters. The molecule has 0 aliphatic rings. The molecule has 0 saturated carbocycles.